The first-order valence-corrected chi connectivity index (χ1v) is 7.42. The minimum Gasteiger partial charge on any atom is -0.378 e. The van der Waals surface area contributed by atoms with Crippen molar-refractivity contribution in [3.63, 3.8) is 0 Å². The number of likely N-dealkylation sites (tertiary alicyclic amines) is 1. The quantitative estimate of drug-likeness (QED) is 0.831. The molecule has 2 aliphatic heterocycles. The Labute approximate surface area is 110 Å². The highest BCUT2D eigenvalue weighted by molar-refractivity contribution is 5.77. The number of carbonyl (C=O) groups is 1. The molecule has 2 rings (SSSR count). The third-order valence-corrected chi connectivity index (χ3v) is 4.09. The molecule has 0 radical (unpaired) electrons. The SMILES string of the molecule is CCC1CCCCCN1C(=O)CC1COCCN1. The molecular formula is C14H26N2O2. The summed E-state index contributed by atoms with van der Waals surface area (Å²) < 4.78 is 5.41. The average molecular weight is 254 g/mol. The molecule has 2 atom stereocenters. The van der Waals surface area contributed by atoms with Gasteiger partial charge in [0.2, 0.25) is 5.91 Å². The lowest BCUT2D eigenvalue weighted by Gasteiger charge is -2.32. The predicted molar refractivity (Wildman–Crippen MR) is 71.5 cm³/mol. The minimum absolute atomic E-state index is 0.215. The second-order valence-corrected chi connectivity index (χ2v) is 5.43. The van der Waals surface area contributed by atoms with Crippen LogP contribution in [0.4, 0.5) is 0 Å². The molecule has 0 aromatic rings. The highest BCUT2D eigenvalue weighted by Gasteiger charge is 2.26. The monoisotopic (exact) mass is 254 g/mol. The molecule has 104 valence electrons. The lowest BCUT2D eigenvalue weighted by Crippen LogP contribution is -2.47. The molecule has 2 saturated heterocycles. The second kappa shape index (κ2) is 7.10. The number of amides is 1. The van der Waals surface area contributed by atoms with Crippen LogP contribution in [-0.2, 0) is 9.53 Å². The first-order chi connectivity index (χ1) is 8.81. The van der Waals surface area contributed by atoms with E-state index in [2.05, 4.69) is 17.1 Å². The Morgan fingerprint density at radius 3 is 3.00 bits per heavy atom. The van der Waals surface area contributed by atoms with E-state index >= 15 is 0 Å². The molecule has 1 N–H and O–H groups in total. The third kappa shape index (κ3) is 3.69. The molecule has 2 fully saturated rings. The highest BCUT2D eigenvalue weighted by atomic mass is 16.5. The number of ether oxygens (including phenoxy) is 1. The van der Waals surface area contributed by atoms with Crippen molar-refractivity contribution >= 4 is 5.91 Å². The zero-order valence-electron chi connectivity index (χ0n) is 11.5. The lowest BCUT2D eigenvalue weighted by molar-refractivity contribution is -0.134. The first kappa shape index (κ1) is 13.8. The molecule has 4 heteroatoms. The molecule has 0 bridgehead atoms. The molecular weight excluding hydrogens is 228 g/mol. The van der Waals surface area contributed by atoms with Crippen LogP contribution in [0.2, 0.25) is 0 Å². The zero-order valence-corrected chi connectivity index (χ0v) is 11.5. The van der Waals surface area contributed by atoms with Crippen LogP contribution < -0.4 is 5.32 Å². The van der Waals surface area contributed by atoms with E-state index in [1.807, 2.05) is 0 Å². The zero-order chi connectivity index (χ0) is 12.8. The van der Waals surface area contributed by atoms with Crippen molar-refractivity contribution < 1.29 is 9.53 Å². The molecule has 2 aliphatic rings. The summed E-state index contributed by atoms with van der Waals surface area (Å²) >= 11 is 0. The molecule has 0 aromatic carbocycles. The van der Waals surface area contributed by atoms with Gasteiger partial charge < -0.3 is 15.0 Å². The Balaban J connectivity index is 1.88. The molecule has 2 heterocycles. The van der Waals surface area contributed by atoms with E-state index in [0.717, 1.165) is 32.5 Å². The van der Waals surface area contributed by atoms with Crippen molar-refractivity contribution in [1.82, 2.24) is 10.2 Å². The fourth-order valence-electron chi connectivity index (χ4n) is 3.01. The van der Waals surface area contributed by atoms with Gasteiger partial charge in [-0.1, -0.05) is 19.8 Å². The molecule has 0 aromatic heterocycles. The molecule has 2 unspecified atom stereocenters. The number of rotatable bonds is 3. The molecule has 0 aliphatic carbocycles. The van der Waals surface area contributed by atoms with Crippen molar-refractivity contribution in [2.75, 3.05) is 26.3 Å². The minimum atomic E-state index is 0.215. The van der Waals surface area contributed by atoms with Crippen LogP contribution in [0.15, 0.2) is 0 Å². The maximum atomic E-state index is 12.4. The van der Waals surface area contributed by atoms with Crippen LogP contribution in [0.25, 0.3) is 0 Å². The van der Waals surface area contributed by atoms with E-state index in [1.165, 1.54) is 19.3 Å². The fraction of sp³-hybridized carbons (Fsp3) is 0.929. The van der Waals surface area contributed by atoms with Crippen molar-refractivity contribution in [3.05, 3.63) is 0 Å². The van der Waals surface area contributed by atoms with Crippen LogP contribution in [0.3, 0.4) is 0 Å². The van der Waals surface area contributed by atoms with Gasteiger partial charge >= 0.3 is 0 Å². The summed E-state index contributed by atoms with van der Waals surface area (Å²) in [5.41, 5.74) is 0. The number of morpholine rings is 1. The summed E-state index contributed by atoms with van der Waals surface area (Å²) in [5, 5.41) is 3.37. The summed E-state index contributed by atoms with van der Waals surface area (Å²) in [6, 6.07) is 0.677. The van der Waals surface area contributed by atoms with Gasteiger partial charge in [-0.15, -0.1) is 0 Å². The van der Waals surface area contributed by atoms with Gasteiger partial charge in [0.1, 0.15) is 0 Å². The lowest BCUT2D eigenvalue weighted by atomic mass is 10.1. The van der Waals surface area contributed by atoms with Gasteiger partial charge in [0.25, 0.3) is 0 Å². The van der Waals surface area contributed by atoms with Crippen molar-refractivity contribution in [2.24, 2.45) is 0 Å². The van der Waals surface area contributed by atoms with E-state index in [9.17, 15) is 4.79 Å². The van der Waals surface area contributed by atoms with E-state index < -0.39 is 0 Å². The van der Waals surface area contributed by atoms with E-state index in [-0.39, 0.29) is 6.04 Å². The maximum absolute atomic E-state index is 12.4. The Hall–Kier alpha value is -0.610. The van der Waals surface area contributed by atoms with Crippen molar-refractivity contribution in [3.8, 4) is 0 Å². The van der Waals surface area contributed by atoms with Crippen LogP contribution in [-0.4, -0.2) is 49.2 Å². The number of hydrogen-bond donors (Lipinski definition) is 1. The van der Waals surface area contributed by atoms with Gasteiger partial charge in [-0.3, -0.25) is 4.79 Å². The van der Waals surface area contributed by atoms with Crippen LogP contribution in [0, 0.1) is 0 Å². The standard InChI is InChI=1S/C14H26N2O2/c1-2-13-6-4-3-5-8-16(13)14(17)10-12-11-18-9-7-15-12/h12-13,15H,2-11H2,1H3. The number of nitrogens with zero attached hydrogens (tertiary/aromatic N) is 1. The summed E-state index contributed by atoms with van der Waals surface area (Å²) in [4.78, 5) is 14.5. The highest BCUT2D eigenvalue weighted by Crippen LogP contribution is 2.20. The van der Waals surface area contributed by atoms with Crippen LogP contribution in [0.1, 0.15) is 45.4 Å². The molecule has 4 nitrogen and oxygen atoms in total. The largest absolute Gasteiger partial charge is 0.378 e. The summed E-state index contributed by atoms with van der Waals surface area (Å²) in [5.74, 6) is 0.312. The van der Waals surface area contributed by atoms with E-state index in [0.29, 0.717) is 25.0 Å². The number of carbonyl (C=O) groups excluding carboxylic acids is 1. The summed E-state index contributed by atoms with van der Waals surface area (Å²) in [7, 11) is 0. The third-order valence-electron chi connectivity index (χ3n) is 4.09. The molecule has 0 spiro atoms. The number of hydrogen-bond acceptors (Lipinski definition) is 3. The summed E-state index contributed by atoms with van der Waals surface area (Å²) in [6.07, 6.45) is 6.56. The van der Waals surface area contributed by atoms with Gasteiger partial charge in [-0.25, -0.2) is 0 Å². The van der Waals surface area contributed by atoms with Crippen molar-refractivity contribution in [1.29, 1.82) is 0 Å². The fourth-order valence-corrected chi connectivity index (χ4v) is 3.01. The number of nitrogens with one attached hydrogen (secondary N) is 1. The van der Waals surface area contributed by atoms with Crippen LogP contribution in [0.5, 0.6) is 0 Å². The van der Waals surface area contributed by atoms with Gasteiger partial charge in [0.15, 0.2) is 0 Å². The summed E-state index contributed by atoms with van der Waals surface area (Å²) in [6.45, 7) is 5.46. The first-order valence-electron chi connectivity index (χ1n) is 7.42. The van der Waals surface area contributed by atoms with Gasteiger partial charge in [0.05, 0.1) is 13.2 Å². The smallest absolute Gasteiger partial charge is 0.224 e. The van der Waals surface area contributed by atoms with Crippen LogP contribution >= 0.6 is 0 Å². The average Bonchev–Trinajstić information content (AvgIpc) is 2.64. The Kier molecular flexibility index (Phi) is 5.45. The Morgan fingerprint density at radius 1 is 1.39 bits per heavy atom. The Bertz CT molecular complexity index is 265. The molecule has 0 saturated carbocycles. The second-order valence-electron chi connectivity index (χ2n) is 5.43. The van der Waals surface area contributed by atoms with E-state index in [4.69, 9.17) is 4.74 Å². The predicted octanol–water partition coefficient (Wildman–Crippen LogP) is 1.55. The topological polar surface area (TPSA) is 41.6 Å². The Morgan fingerprint density at radius 2 is 2.28 bits per heavy atom. The normalized spacial score (nSPS) is 29.9. The van der Waals surface area contributed by atoms with Gasteiger partial charge in [-0.05, 0) is 19.3 Å². The van der Waals surface area contributed by atoms with Gasteiger partial charge in [0, 0.05) is 31.6 Å². The van der Waals surface area contributed by atoms with Crippen molar-refractivity contribution in [2.45, 2.75) is 57.5 Å². The molecule has 1 amide bonds. The van der Waals surface area contributed by atoms with Gasteiger partial charge in [-0.2, -0.15) is 0 Å². The molecule has 18 heavy (non-hydrogen) atoms. The van der Waals surface area contributed by atoms with E-state index in [1.54, 1.807) is 0 Å². The maximum Gasteiger partial charge on any atom is 0.224 e.